The predicted molar refractivity (Wildman–Crippen MR) is 95.3 cm³/mol. The van der Waals surface area contributed by atoms with Gasteiger partial charge in [0, 0.05) is 18.3 Å². The molecule has 128 valence electrons. The highest BCUT2D eigenvalue weighted by molar-refractivity contribution is 6.04. The molecule has 0 saturated carbocycles. The molecule has 1 N–H and O–H groups in total. The summed E-state index contributed by atoms with van der Waals surface area (Å²) < 4.78 is 12.3. The summed E-state index contributed by atoms with van der Waals surface area (Å²) in [5, 5.41) is 2.79. The smallest absolute Gasteiger partial charge is 0.256 e. The molecule has 6 heteroatoms. The van der Waals surface area contributed by atoms with E-state index in [4.69, 9.17) is 9.47 Å². The Bertz CT molecular complexity index is 859. The molecule has 0 radical (unpaired) electrons. The highest BCUT2D eigenvalue weighted by atomic mass is 16.5. The van der Waals surface area contributed by atoms with Crippen LogP contribution in [0.25, 0.3) is 0 Å². The van der Waals surface area contributed by atoms with Crippen molar-refractivity contribution in [1.82, 2.24) is 9.55 Å². The summed E-state index contributed by atoms with van der Waals surface area (Å²) in [4.78, 5) is 16.6. The van der Waals surface area contributed by atoms with Gasteiger partial charge in [-0.1, -0.05) is 30.3 Å². The second kappa shape index (κ2) is 7.53. The van der Waals surface area contributed by atoms with E-state index in [1.54, 1.807) is 37.8 Å². The van der Waals surface area contributed by atoms with Gasteiger partial charge in [-0.2, -0.15) is 0 Å². The number of rotatable bonds is 6. The van der Waals surface area contributed by atoms with Crippen molar-refractivity contribution in [1.29, 1.82) is 0 Å². The number of aromatic nitrogens is 2. The minimum Gasteiger partial charge on any atom is -0.493 e. The predicted octanol–water partition coefficient (Wildman–Crippen LogP) is 3.20. The molecule has 1 amide bonds. The number of amides is 1. The highest BCUT2D eigenvalue weighted by Gasteiger charge is 2.12. The van der Waals surface area contributed by atoms with Gasteiger partial charge in [-0.15, -0.1) is 0 Å². The van der Waals surface area contributed by atoms with Gasteiger partial charge in [0.1, 0.15) is 0 Å². The van der Waals surface area contributed by atoms with Crippen molar-refractivity contribution < 1.29 is 14.3 Å². The second-order valence-corrected chi connectivity index (χ2v) is 5.44. The van der Waals surface area contributed by atoms with Crippen LogP contribution in [0.1, 0.15) is 15.9 Å². The molecule has 0 aliphatic rings. The number of carbonyl (C=O) groups excluding carboxylic acids is 1. The Morgan fingerprint density at radius 2 is 1.84 bits per heavy atom. The van der Waals surface area contributed by atoms with E-state index >= 15 is 0 Å². The van der Waals surface area contributed by atoms with Gasteiger partial charge in [0.25, 0.3) is 5.91 Å². The van der Waals surface area contributed by atoms with E-state index in [0.717, 1.165) is 5.56 Å². The van der Waals surface area contributed by atoms with E-state index in [2.05, 4.69) is 10.3 Å². The van der Waals surface area contributed by atoms with Crippen molar-refractivity contribution in [3.05, 3.63) is 72.2 Å². The Balaban J connectivity index is 1.69. The second-order valence-electron chi connectivity index (χ2n) is 5.44. The van der Waals surface area contributed by atoms with Crippen LogP contribution in [0.5, 0.6) is 11.5 Å². The molecule has 3 rings (SSSR count). The fraction of sp³-hybridized carbons (Fsp3) is 0.158. The lowest BCUT2D eigenvalue weighted by Crippen LogP contribution is -2.12. The zero-order chi connectivity index (χ0) is 17.6. The van der Waals surface area contributed by atoms with Crippen molar-refractivity contribution in [2.45, 2.75) is 6.54 Å². The first kappa shape index (κ1) is 16.6. The summed E-state index contributed by atoms with van der Waals surface area (Å²) in [6.07, 6.45) is 3.49. The van der Waals surface area contributed by atoms with Crippen molar-refractivity contribution in [3.8, 4) is 11.5 Å². The van der Waals surface area contributed by atoms with Crippen LogP contribution in [0.2, 0.25) is 0 Å². The third-order valence-electron chi connectivity index (χ3n) is 3.73. The molecule has 0 aliphatic carbocycles. The molecule has 0 bridgehead atoms. The Morgan fingerprint density at radius 3 is 2.56 bits per heavy atom. The van der Waals surface area contributed by atoms with Crippen LogP contribution in [0.3, 0.4) is 0 Å². The van der Waals surface area contributed by atoms with Crippen LogP contribution in [0, 0.1) is 0 Å². The van der Waals surface area contributed by atoms with Gasteiger partial charge in [-0.05, 0) is 23.8 Å². The molecular weight excluding hydrogens is 318 g/mol. The van der Waals surface area contributed by atoms with Crippen LogP contribution in [-0.4, -0.2) is 29.7 Å². The zero-order valence-corrected chi connectivity index (χ0v) is 14.1. The minimum atomic E-state index is -0.258. The quantitative estimate of drug-likeness (QED) is 0.750. The monoisotopic (exact) mass is 337 g/mol. The first-order chi connectivity index (χ1) is 12.2. The summed E-state index contributed by atoms with van der Waals surface area (Å²) in [5.41, 5.74) is 1.63. The van der Waals surface area contributed by atoms with E-state index < -0.39 is 0 Å². The molecule has 0 saturated heterocycles. The molecule has 2 aromatic carbocycles. The number of nitrogens with zero attached hydrogens (tertiary/aromatic N) is 2. The van der Waals surface area contributed by atoms with E-state index in [9.17, 15) is 4.79 Å². The van der Waals surface area contributed by atoms with E-state index in [1.807, 2.05) is 34.9 Å². The summed E-state index contributed by atoms with van der Waals surface area (Å²) in [6, 6.07) is 15.1. The van der Waals surface area contributed by atoms with Crippen LogP contribution in [-0.2, 0) is 6.54 Å². The number of imidazole rings is 1. The molecule has 1 heterocycles. The number of hydrogen-bond donors (Lipinski definition) is 1. The average molecular weight is 337 g/mol. The maximum absolute atomic E-state index is 12.4. The number of methoxy groups -OCH3 is 2. The maximum atomic E-state index is 12.4. The van der Waals surface area contributed by atoms with Crippen molar-refractivity contribution in [3.63, 3.8) is 0 Å². The Morgan fingerprint density at radius 1 is 1.08 bits per heavy atom. The van der Waals surface area contributed by atoms with Gasteiger partial charge in [-0.25, -0.2) is 4.98 Å². The van der Waals surface area contributed by atoms with Crippen LogP contribution >= 0.6 is 0 Å². The summed E-state index contributed by atoms with van der Waals surface area (Å²) in [7, 11) is 3.09. The Kier molecular flexibility index (Phi) is 4.99. The number of carbonyl (C=O) groups is 1. The van der Waals surface area contributed by atoms with E-state index in [1.165, 1.54) is 7.11 Å². The number of benzene rings is 2. The van der Waals surface area contributed by atoms with Gasteiger partial charge in [0.2, 0.25) is 0 Å². The molecule has 6 nitrogen and oxygen atoms in total. The zero-order valence-electron chi connectivity index (χ0n) is 14.1. The first-order valence-corrected chi connectivity index (χ1v) is 7.78. The van der Waals surface area contributed by atoms with Crippen LogP contribution < -0.4 is 14.8 Å². The lowest BCUT2D eigenvalue weighted by atomic mass is 10.2. The fourth-order valence-corrected chi connectivity index (χ4v) is 2.47. The van der Waals surface area contributed by atoms with Crippen LogP contribution in [0.4, 0.5) is 5.82 Å². The summed E-state index contributed by atoms with van der Waals surface area (Å²) in [6.45, 7) is 0.695. The van der Waals surface area contributed by atoms with E-state index in [-0.39, 0.29) is 5.91 Å². The summed E-state index contributed by atoms with van der Waals surface area (Å²) >= 11 is 0. The molecule has 0 spiro atoms. The van der Waals surface area contributed by atoms with Gasteiger partial charge in [0.05, 0.1) is 20.5 Å². The largest absolute Gasteiger partial charge is 0.493 e. The van der Waals surface area contributed by atoms with Gasteiger partial charge in [-0.3, -0.25) is 4.79 Å². The Hall–Kier alpha value is -3.28. The van der Waals surface area contributed by atoms with Gasteiger partial charge >= 0.3 is 0 Å². The number of anilines is 1. The van der Waals surface area contributed by atoms with E-state index in [0.29, 0.717) is 29.4 Å². The molecule has 1 aromatic heterocycles. The molecule has 0 atom stereocenters. The van der Waals surface area contributed by atoms with Gasteiger partial charge < -0.3 is 19.4 Å². The molecule has 0 unspecified atom stereocenters. The standard InChI is InChI=1S/C19H19N3O3/c1-24-16-9-8-15(10-17(16)25-2)19(23)21-18-12-22(13-20-18)11-14-6-4-3-5-7-14/h3-10,12-13H,11H2,1-2H3,(H,21,23). The number of nitrogens with one attached hydrogen (secondary N) is 1. The highest BCUT2D eigenvalue weighted by Crippen LogP contribution is 2.27. The number of ether oxygens (including phenoxy) is 2. The fourth-order valence-electron chi connectivity index (χ4n) is 2.47. The van der Waals surface area contributed by atoms with Crippen molar-refractivity contribution >= 4 is 11.7 Å². The first-order valence-electron chi connectivity index (χ1n) is 7.78. The number of hydrogen-bond acceptors (Lipinski definition) is 4. The maximum Gasteiger partial charge on any atom is 0.256 e. The average Bonchev–Trinajstić information content (AvgIpc) is 3.08. The molecule has 25 heavy (non-hydrogen) atoms. The van der Waals surface area contributed by atoms with Crippen molar-refractivity contribution in [2.75, 3.05) is 19.5 Å². The SMILES string of the molecule is COc1ccc(C(=O)Nc2cn(Cc3ccccc3)cn2)cc1OC. The lowest BCUT2D eigenvalue weighted by Gasteiger charge is -2.09. The topological polar surface area (TPSA) is 65.4 Å². The third kappa shape index (κ3) is 3.98. The van der Waals surface area contributed by atoms with Gasteiger partial charge in [0.15, 0.2) is 17.3 Å². The Labute approximate surface area is 146 Å². The molecule has 0 fully saturated rings. The van der Waals surface area contributed by atoms with Crippen LogP contribution in [0.15, 0.2) is 61.1 Å². The molecule has 0 aliphatic heterocycles. The van der Waals surface area contributed by atoms with Crippen molar-refractivity contribution in [2.24, 2.45) is 0 Å². The molecular formula is C19H19N3O3. The normalized spacial score (nSPS) is 10.3. The molecule has 3 aromatic rings. The lowest BCUT2D eigenvalue weighted by molar-refractivity contribution is 0.102. The third-order valence-corrected chi connectivity index (χ3v) is 3.73. The summed E-state index contributed by atoms with van der Waals surface area (Å²) in [5.74, 6) is 1.32. The minimum absolute atomic E-state index is 0.258.